The summed E-state index contributed by atoms with van der Waals surface area (Å²) in [6.07, 6.45) is 0.729. The Balaban J connectivity index is 3.05. The molecule has 1 rings (SSSR count). The molecule has 4 heteroatoms. The number of hydrogen-bond acceptors (Lipinski definition) is 3. The number of halogens is 1. The highest BCUT2D eigenvalue weighted by molar-refractivity contribution is 7.81. The normalized spacial score (nSPS) is 14.7. The van der Waals surface area contributed by atoms with Crippen molar-refractivity contribution in [2.45, 2.75) is 24.6 Å². The second kappa shape index (κ2) is 6.43. The van der Waals surface area contributed by atoms with Crippen molar-refractivity contribution in [3.63, 3.8) is 0 Å². The van der Waals surface area contributed by atoms with E-state index >= 15 is 0 Å². The molecule has 2 nitrogen and oxygen atoms in total. The Hall–Kier alpha value is -0.510. The highest BCUT2D eigenvalue weighted by Gasteiger charge is 2.26. The van der Waals surface area contributed by atoms with Crippen LogP contribution in [0.5, 0.6) is 0 Å². The predicted octanol–water partition coefficient (Wildman–Crippen LogP) is 3.22. The van der Waals surface area contributed by atoms with Crippen molar-refractivity contribution in [1.82, 2.24) is 4.90 Å². The second-order valence-corrected chi connectivity index (χ2v) is 5.31. The van der Waals surface area contributed by atoms with E-state index in [-0.39, 0.29) is 17.1 Å². The average molecular weight is 272 g/mol. The summed E-state index contributed by atoms with van der Waals surface area (Å²) < 4.78 is 0. The molecule has 1 aromatic rings. The summed E-state index contributed by atoms with van der Waals surface area (Å²) in [6.45, 7) is 1.96. The number of thiol groups is 1. The number of rotatable bonds is 5. The molecule has 0 aliphatic rings. The number of benzene rings is 1. The van der Waals surface area contributed by atoms with Crippen LogP contribution in [0.25, 0.3) is 0 Å². The van der Waals surface area contributed by atoms with Gasteiger partial charge in [-0.05, 0) is 38.2 Å². The summed E-state index contributed by atoms with van der Waals surface area (Å²) in [5, 5.41) is 0.413. The summed E-state index contributed by atoms with van der Waals surface area (Å²) in [6, 6.07) is 7.14. The maximum atomic E-state index is 12.3. The maximum absolute atomic E-state index is 12.3. The fourth-order valence-corrected chi connectivity index (χ4v) is 2.12. The molecule has 0 fully saturated rings. The fraction of sp³-hybridized carbons (Fsp3) is 0.462. The number of nitrogens with zero attached hydrogens (tertiary/aromatic N) is 1. The highest BCUT2D eigenvalue weighted by Crippen LogP contribution is 2.25. The Morgan fingerprint density at radius 2 is 2.12 bits per heavy atom. The van der Waals surface area contributed by atoms with E-state index in [4.69, 9.17) is 11.6 Å². The zero-order valence-corrected chi connectivity index (χ0v) is 12.0. The van der Waals surface area contributed by atoms with Gasteiger partial charge in [0.25, 0.3) is 0 Å². The molecule has 0 heterocycles. The minimum Gasteiger partial charge on any atom is -0.296 e. The van der Waals surface area contributed by atoms with Crippen molar-refractivity contribution in [2.75, 3.05) is 14.1 Å². The summed E-state index contributed by atoms with van der Waals surface area (Å²) >= 11 is 10.3. The van der Waals surface area contributed by atoms with Crippen LogP contribution in [0.4, 0.5) is 0 Å². The van der Waals surface area contributed by atoms with Gasteiger partial charge in [-0.15, -0.1) is 0 Å². The molecule has 0 aliphatic carbocycles. The van der Waals surface area contributed by atoms with E-state index in [0.717, 1.165) is 12.0 Å². The van der Waals surface area contributed by atoms with Gasteiger partial charge in [-0.25, -0.2) is 0 Å². The van der Waals surface area contributed by atoms with Crippen molar-refractivity contribution in [3.8, 4) is 0 Å². The quantitative estimate of drug-likeness (QED) is 0.830. The van der Waals surface area contributed by atoms with E-state index in [1.165, 1.54) is 0 Å². The standard InChI is InChI=1S/C13H18ClNOS/c1-4-11(17)13(16)12(15(2)3)9-6-5-7-10(14)8-9/h5-8,11-12,17H,4H2,1-3H3. The first-order valence-corrected chi connectivity index (χ1v) is 6.50. The van der Waals surface area contributed by atoms with Crippen LogP contribution in [0, 0.1) is 0 Å². The van der Waals surface area contributed by atoms with Crippen LogP contribution >= 0.6 is 24.2 Å². The number of likely N-dealkylation sites (N-methyl/N-ethyl adjacent to an activating group) is 1. The monoisotopic (exact) mass is 271 g/mol. The Kier molecular flexibility index (Phi) is 5.50. The van der Waals surface area contributed by atoms with Crippen LogP contribution in [-0.2, 0) is 4.79 Å². The van der Waals surface area contributed by atoms with Gasteiger partial charge < -0.3 is 0 Å². The lowest BCUT2D eigenvalue weighted by Crippen LogP contribution is -2.32. The molecule has 94 valence electrons. The van der Waals surface area contributed by atoms with Crippen LogP contribution in [0.15, 0.2) is 24.3 Å². The summed E-state index contributed by atoms with van der Waals surface area (Å²) in [5.41, 5.74) is 0.917. The average Bonchev–Trinajstić information content (AvgIpc) is 2.27. The van der Waals surface area contributed by atoms with Gasteiger partial charge >= 0.3 is 0 Å². The molecule has 2 unspecified atom stereocenters. The van der Waals surface area contributed by atoms with E-state index in [1.807, 2.05) is 44.1 Å². The Labute approximate surface area is 113 Å². The largest absolute Gasteiger partial charge is 0.296 e. The Bertz CT molecular complexity index is 395. The molecule has 0 radical (unpaired) electrons. The predicted molar refractivity (Wildman–Crippen MR) is 76.0 cm³/mol. The van der Waals surface area contributed by atoms with Crippen LogP contribution in [0.2, 0.25) is 5.02 Å². The van der Waals surface area contributed by atoms with E-state index < -0.39 is 0 Å². The van der Waals surface area contributed by atoms with Crippen molar-refractivity contribution >= 4 is 30.0 Å². The lowest BCUT2D eigenvalue weighted by atomic mass is 9.98. The Morgan fingerprint density at radius 1 is 1.47 bits per heavy atom. The number of carbonyl (C=O) groups is 1. The number of carbonyl (C=O) groups excluding carboxylic acids is 1. The van der Waals surface area contributed by atoms with Crippen LogP contribution in [0.3, 0.4) is 0 Å². The molecule has 0 saturated heterocycles. The van der Waals surface area contributed by atoms with E-state index in [9.17, 15) is 4.79 Å². The van der Waals surface area contributed by atoms with Gasteiger partial charge in [-0.2, -0.15) is 12.6 Å². The van der Waals surface area contributed by atoms with Gasteiger partial charge in [-0.3, -0.25) is 9.69 Å². The highest BCUT2D eigenvalue weighted by atomic mass is 35.5. The number of ketones is 1. The molecule has 17 heavy (non-hydrogen) atoms. The van der Waals surface area contributed by atoms with Crippen LogP contribution < -0.4 is 0 Å². The van der Waals surface area contributed by atoms with Crippen LogP contribution in [0.1, 0.15) is 24.9 Å². The molecular weight excluding hydrogens is 254 g/mol. The fourth-order valence-electron chi connectivity index (χ4n) is 1.78. The molecule has 0 aromatic heterocycles. The first-order chi connectivity index (χ1) is 7.97. The number of Topliss-reactive ketones (excluding diaryl/α,β-unsaturated/α-hetero) is 1. The molecule has 2 atom stereocenters. The van der Waals surface area contributed by atoms with E-state index in [2.05, 4.69) is 12.6 Å². The first kappa shape index (κ1) is 14.6. The van der Waals surface area contributed by atoms with Gasteiger partial charge in [0.05, 0.1) is 11.3 Å². The minimum absolute atomic E-state index is 0.114. The first-order valence-electron chi connectivity index (χ1n) is 5.61. The van der Waals surface area contributed by atoms with Crippen molar-refractivity contribution in [1.29, 1.82) is 0 Å². The molecule has 0 aliphatic heterocycles. The van der Waals surface area contributed by atoms with Crippen molar-refractivity contribution < 1.29 is 4.79 Å². The van der Waals surface area contributed by atoms with Gasteiger partial charge in [0.15, 0.2) is 5.78 Å². The third kappa shape index (κ3) is 3.73. The minimum atomic E-state index is -0.281. The van der Waals surface area contributed by atoms with Crippen molar-refractivity contribution in [2.24, 2.45) is 0 Å². The third-order valence-electron chi connectivity index (χ3n) is 2.67. The third-order valence-corrected chi connectivity index (χ3v) is 3.52. The smallest absolute Gasteiger partial charge is 0.167 e. The molecule has 0 amide bonds. The van der Waals surface area contributed by atoms with Gasteiger partial charge in [0.1, 0.15) is 0 Å². The van der Waals surface area contributed by atoms with Crippen LogP contribution in [-0.4, -0.2) is 30.0 Å². The Morgan fingerprint density at radius 3 is 2.59 bits per heavy atom. The lowest BCUT2D eigenvalue weighted by Gasteiger charge is -2.25. The summed E-state index contributed by atoms with van der Waals surface area (Å²) in [7, 11) is 3.78. The molecule has 0 spiro atoms. The van der Waals surface area contributed by atoms with Gasteiger partial charge in [0.2, 0.25) is 0 Å². The summed E-state index contributed by atoms with van der Waals surface area (Å²) in [5.74, 6) is 0.114. The lowest BCUT2D eigenvalue weighted by molar-refractivity contribution is -0.123. The van der Waals surface area contributed by atoms with E-state index in [1.54, 1.807) is 6.07 Å². The van der Waals surface area contributed by atoms with E-state index in [0.29, 0.717) is 5.02 Å². The molecule has 0 bridgehead atoms. The number of hydrogen-bond donors (Lipinski definition) is 1. The topological polar surface area (TPSA) is 20.3 Å². The zero-order valence-electron chi connectivity index (χ0n) is 10.4. The SMILES string of the molecule is CCC(S)C(=O)C(c1cccc(Cl)c1)N(C)C. The van der Waals surface area contributed by atoms with Gasteiger partial charge in [-0.1, -0.05) is 30.7 Å². The van der Waals surface area contributed by atoms with Gasteiger partial charge in [0, 0.05) is 5.02 Å². The zero-order chi connectivity index (χ0) is 13.0. The molecule has 0 saturated carbocycles. The van der Waals surface area contributed by atoms with Crippen molar-refractivity contribution in [3.05, 3.63) is 34.9 Å². The molecule has 0 N–H and O–H groups in total. The summed E-state index contributed by atoms with van der Waals surface area (Å²) in [4.78, 5) is 14.2. The maximum Gasteiger partial charge on any atom is 0.167 e. The molecular formula is C13H18ClNOS. The second-order valence-electron chi connectivity index (χ2n) is 4.25. The molecule has 1 aromatic carbocycles.